The first-order valence-electron chi connectivity index (χ1n) is 6.55. The topological polar surface area (TPSA) is 71.3 Å². The average molecular weight is 297 g/mol. The van der Waals surface area contributed by atoms with Crippen LogP contribution in [0.3, 0.4) is 0 Å². The number of hydrogen-bond acceptors (Lipinski definition) is 5. The SMILES string of the molecule is CCC[C@@H]1CN(Cc2ccc(Cl)nc2)/C(=C/[N+](=O)[O-])N1. The molecule has 0 spiro atoms. The van der Waals surface area contributed by atoms with Crippen molar-refractivity contribution < 1.29 is 4.92 Å². The predicted octanol–water partition coefficient (Wildman–Crippen LogP) is 2.38. The number of hydrogen-bond donors (Lipinski definition) is 1. The summed E-state index contributed by atoms with van der Waals surface area (Å²) in [7, 11) is 0. The summed E-state index contributed by atoms with van der Waals surface area (Å²) in [6.07, 6.45) is 4.75. The van der Waals surface area contributed by atoms with E-state index in [1.54, 1.807) is 12.3 Å². The lowest BCUT2D eigenvalue weighted by molar-refractivity contribution is -0.404. The van der Waals surface area contributed by atoms with Crippen LogP contribution in [0.1, 0.15) is 25.3 Å². The largest absolute Gasteiger partial charge is 0.362 e. The van der Waals surface area contributed by atoms with Gasteiger partial charge < -0.3 is 10.2 Å². The number of nitrogens with one attached hydrogen (secondary N) is 1. The third-order valence-corrected chi connectivity index (χ3v) is 3.38. The Labute approximate surface area is 122 Å². The van der Waals surface area contributed by atoms with E-state index in [1.807, 2.05) is 11.0 Å². The van der Waals surface area contributed by atoms with E-state index in [0.29, 0.717) is 17.5 Å². The fourth-order valence-electron chi connectivity index (χ4n) is 2.31. The van der Waals surface area contributed by atoms with E-state index < -0.39 is 4.92 Å². The highest BCUT2D eigenvalue weighted by atomic mass is 35.5. The van der Waals surface area contributed by atoms with Crippen molar-refractivity contribution in [2.45, 2.75) is 32.4 Å². The van der Waals surface area contributed by atoms with Gasteiger partial charge in [0.25, 0.3) is 6.20 Å². The third kappa shape index (κ3) is 3.84. The van der Waals surface area contributed by atoms with E-state index in [-0.39, 0.29) is 6.04 Å². The van der Waals surface area contributed by atoms with Crippen molar-refractivity contribution in [2.75, 3.05) is 6.54 Å². The minimum Gasteiger partial charge on any atom is -0.362 e. The van der Waals surface area contributed by atoms with Gasteiger partial charge in [0.15, 0.2) is 5.82 Å². The molecule has 2 heterocycles. The fraction of sp³-hybridized carbons (Fsp3) is 0.462. The standard InChI is InChI=1S/C13H17ClN4O2/c1-2-3-11-8-17(13(16-11)9-18(19)20)7-10-4-5-12(14)15-6-10/h4-6,9,11,16H,2-3,7-8H2,1H3/b13-9+/t11-/m1/s1. The maximum atomic E-state index is 10.7. The molecule has 1 aromatic heterocycles. The van der Waals surface area contributed by atoms with Crippen molar-refractivity contribution in [3.8, 4) is 0 Å². The van der Waals surface area contributed by atoms with E-state index in [4.69, 9.17) is 11.6 Å². The van der Waals surface area contributed by atoms with Gasteiger partial charge in [-0.3, -0.25) is 10.1 Å². The van der Waals surface area contributed by atoms with Crippen molar-refractivity contribution in [3.05, 3.63) is 51.2 Å². The maximum absolute atomic E-state index is 10.7. The molecule has 1 aliphatic rings. The van der Waals surface area contributed by atoms with Crippen LogP contribution in [0.2, 0.25) is 5.15 Å². The van der Waals surface area contributed by atoms with Gasteiger partial charge in [-0.15, -0.1) is 0 Å². The van der Waals surface area contributed by atoms with Gasteiger partial charge in [0.1, 0.15) is 5.15 Å². The van der Waals surface area contributed by atoms with Gasteiger partial charge in [0.05, 0.1) is 4.92 Å². The van der Waals surface area contributed by atoms with Crippen LogP contribution in [0.25, 0.3) is 0 Å². The highest BCUT2D eigenvalue weighted by Gasteiger charge is 2.27. The van der Waals surface area contributed by atoms with E-state index in [2.05, 4.69) is 17.2 Å². The Morgan fingerprint density at radius 1 is 1.65 bits per heavy atom. The van der Waals surface area contributed by atoms with E-state index in [9.17, 15) is 10.1 Å². The molecule has 2 rings (SSSR count). The third-order valence-electron chi connectivity index (χ3n) is 3.16. The zero-order valence-corrected chi connectivity index (χ0v) is 12.0. The molecule has 7 heteroatoms. The number of nitrogens with zero attached hydrogens (tertiary/aromatic N) is 3. The van der Waals surface area contributed by atoms with Gasteiger partial charge in [-0.25, -0.2) is 4.98 Å². The maximum Gasteiger partial charge on any atom is 0.274 e. The summed E-state index contributed by atoms with van der Waals surface area (Å²) < 4.78 is 0. The molecular formula is C13H17ClN4O2. The summed E-state index contributed by atoms with van der Waals surface area (Å²) in [4.78, 5) is 16.3. The fourth-order valence-corrected chi connectivity index (χ4v) is 2.42. The van der Waals surface area contributed by atoms with E-state index in [1.165, 1.54) is 0 Å². The van der Waals surface area contributed by atoms with Crippen molar-refractivity contribution in [2.24, 2.45) is 0 Å². The van der Waals surface area contributed by atoms with Crippen molar-refractivity contribution >= 4 is 11.6 Å². The van der Waals surface area contributed by atoms with Crippen molar-refractivity contribution in [1.82, 2.24) is 15.2 Å². The van der Waals surface area contributed by atoms with Gasteiger partial charge in [0, 0.05) is 25.3 Å². The Hall–Kier alpha value is -1.82. The minimum absolute atomic E-state index is 0.256. The second-order valence-electron chi connectivity index (χ2n) is 4.80. The summed E-state index contributed by atoms with van der Waals surface area (Å²) in [6, 6.07) is 3.86. The average Bonchev–Trinajstić information content (AvgIpc) is 2.74. The van der Waals surface area contributed by atoms with Crippen LogP contribution in [0.4, 0.5) is 0 Å². The summed E-state index contributed by atoms with van der Waals surface area (Å²) >= 11 is 5.75. The number of halogens is 1. The number of pyridine rings is 1. The molecule has 1 atom stereocenters. The Balaban J connectivity index is 2.10. The molecule has 0 unspecified atom stereocenters. The molecule has 0 aromatic carbocycles. The second-order valence-corrected chi connectivity index (χ2v) is 5.19. The Bertz CT molecular complexity index is 504. The summed E-state index contributed by atoms with van der Waals surface area (Å²) in [6.45, 7) is 3.44. The highest BCUT2D eigenvalue weighted by Crippen LogP contribution is 2.19. The van der Waals surface area contributed by atoms with E-state index >= 15 is 0 Å². The summed E-state index contributed by atoms with van der Waals surface area (Å²) in [5.74, 6) is 0.559. The van der Waals surface area contributed by atoms with Crippen molar-refractivity contribution in [1.29, 1.82) is 0 Å². The lowest BCUT2D eigenvalue weighted by Gasteiger charge is -2.17. The smallest absolute Gasteiger partial charge is 0.274 e. The number of nitro groups is 1. The lowest BCUT2D eigenvalue weighted by atomic mass is 10.2. The first-order valence-corrected chi connectivity index (χ1v) is 6.93. The Morgan fingerprint density at radius 2 is 2.45 bits per heavy atom. The molecule has 0 amide bonds. The molecular weight excluding hydrogens is 280 g/mol. The summed E-state index contributed by atoms with van der Waals surface area (Å²) in [5, 5.41) is 14.3. The molecule has 1 aromatic rings. The Kier molecular flexibility index (Phi) is 4.79. The second kappa shape index (κ2) is 6.56. The van der Waals surface area contributed by atoms with Crippen LogP contribution in [0, 0.1) is 10.1 Å². The quantitative estimate of drug-likeness (QED) is 0.513. The van der Waals surface area contributed by atoms with Crippen LogP contribution in [0.5, 0.6) is 0 Å². The zero-order chi connectivity index (χ0) is 14.5. The molecule has 1 fully saturated rings. The minimum atomic E-state index is -0.427. The van der Waals surface area contributed by atoms with Crippen LogP contribution < -0.4 is 5.32 Å². The van der Waals surface area contributed by atoms with Crippen LogP contribution in [0.15, 0.2) is 30.4 Å². The molecule has 20 heavy (non-hydrogen) atoms. The van der Waals surface area contributed by atoms with Crippen LogP contribution >= 0.6 is 11.6 Å². The molecule has 0 bridgehead atoms. The zero-order valence-electron chi connectivity index (χ0n) is 11.3. The van der Waals surface area contributed by atoms with Gasteiger partial charge in [-0.05, 0) is 18.1 Å². The molecule has 0 saturated carbocycles. The highest BCUT2D eigenvalue weighted by molar-refractivity contribution is 6.29. The van der Waals surface area contributed by atoms with Crippen LogP contribution in [-0.2, 0) is 6.54 Å². The first kappa shape index (κ1) is 14.6. The molecule has 1 aliphatic heterocycles. The lowest BCUT2D eigenvalue weighted by Crippen LogP contribution is -2.22. The number of rotatable bonds is 5. The Morgan fingerprint density at radius 3 is 3.05 bits per heavy atom. The monoisotopic (exact) mass is 296 g/mol. The molecule has 6 nitrogen and oxygen atoms in total. The normalized spacial score (nSPS) is 20.2. The molecule has 108 valence electrons. The van der Waals surface area contributed by atoms with Gasteiger partial charge >= 0.3 is 0 Å². The predicted molar refractivity (Wildman–Crippen MR) is 76.6 cm³/mol. The molecule has 1 N–H and O–H groups in total. The summed E-state index contributed by atoms with van der Waals surface area (Å²) in [5.41, 5.74) is 0.975. The molecule has 0 aliphatic carbocycles. The van der Waals surface area contributed by atoms with Gasteiger partial charge in [0.2, 0.25) is 0 Å². The first-order chi connectivity index (χ1) is 9.58. The van der Waals surface area contributed by atoms with Crippen molar-refractivity contribution in [3.63, 3.8) is 0 Å². The number of aromatic nitrogens is 1. The molecule has 0 radical (unpaired) electrons. The van der Waals surface area contributed by atoms with Gasteiger partial charge in [-0.2, -0.15) is 0 Å². The molecule has 1 saturated heterocycles. The van der Waals surface area contributed by atoms with Gasteiger partial charge in [-0.1, -0.05) is 31.0 Å². The van der Waals surface area contributed by atoms with E-state index in [0.717, 1.165) is 31.1 Å². The van der Waals surface area contributed by atoms with Crippen LogP contribution in [-0.4, -0.2) is 27.4 Å².